The molecule has 0 radical (unpaired) electrons. The summed E-state index contributed by atoms with van der Waals surface area (Å²) >= 11 is 1.87. The van der Waals surface area contributed by atoms with Crippen molar-refractivity contribution < 1.29 is 4.79 Å². The topological polar surface area (TPSA) is 41.1 Å². The third-order valence-electron chi connectivity index (χ3n) is 2.11. The fourth-order valence-electron chi connectivity index (χ4n) is 1.12. The predicted molar refractivity (Wildman–Crippen MR) is 63.8 cm³/mol. The van der Waals surface area contributed by atoms with Gasteiger partial charge < -0.3 is 10.6 Å². The van der Waals surface area contributed by atoms with Crippen LogP contribution in [0.2, 0.25) is 0 Å². The van der Waals surface area contributed by atoms with Gasteiger partial charge in [-0.15, -0.1) is 0 Å². The highest BCUT2D eigenvalue weighted by Crippen LogP contribution is 1.99. The van der Waals surface area contributed by atoms with Crippen LogP contribution in [0.5, 0.6) is 0 Å². The van der Waals surface area contributed by atoms with E-state index in [1.54, 1.807) is 7.05 Å². The monoisotopic (exact) mass is 218 g/mol. The summed E-state index contributed by atoms with van der Waals surface area (Å²) in [5.74, 6) is 1.33. The van der Waals surface area contributed by atoms with Gasteiger partial charge in [0.05, 0.1) is 0 Å². The van der Waals surface area contributed by atoms with Crippen LogP contribution in [0.4, 0.5) is 0 Å². The molecule has 0 aliphatic rings. The first-order chi connectivity index (χ1) is 6.70. The van der Waals surface area contributed by atoms with Crippen LogP contribution in [0.1, 0.15) is 26.2 Å². The Morgan fingerprint density at radius 2 is 2.21 bits per heavy atom. The molecule has 0 saturated carbocycles. The van der Waals surface area contributed by atoms with Gasteiger partial charge in [0.2, 0.25) is 5.91 Å². The molecule has 84 valence electrons. The molecule has 0 aromatic rings. The molecule has 1 amide bonds. The third-order valence-corrected chi connectivity index (χ3v) is 2.75. The average molecular weight is 218 g/mol. The summed E-state index contributed by atoms with van der Waals surface area (Å²) in [5, 5.41) is 6.02. The predicted octanol–water partition coefficient (Wildman–Crippen LogP) is 1.24. The molecule has 4 heteroatoms. The molecule has 0 aromatic carbocycles. The number of hydrogen-bond donors (Lipinski definition) is 2. The van der Waals surface area contributed by atoms with E-state index in [2.05, 4.69) is 23.8 Å². The Hall–Kier alpha value is -0.220. The maximum Gasteiger partial charge on any atom is 0.219 e. The zero-order valence-corrected chi connectivity index (χ0v) is 10.2. The Morgan fingerprint density at radius 1 is 1.50 bits per heavy atom. The van der Waals surface area contributed by atoms with Crippen molar-refractivity contribution in [3.63, 3.8) is 0 Å². The summed E-state index contributed by atoms with van der Waals surface area (Å²) in [5.41, 5.74) is 0. The number of hydrogen-bond acceptors (Lipinski definition) is 3. The Bertz CT molecular complexity index is 153. The van der Waals surface area contributed by atoms with E-state index < -0.39 is 0 Å². The first-order valence-electron chi connectivity index (χ1n) is 5.13. The van der Waals surface area contributed by atoms with Crippen molar-refractivity contribution in [1.82, 2.24) is 10.6 Å². The SMILES string of the molecule is CNC(=O)CCCNC(C)CCSC. The molecule has 0 aliphatic heterocycles. The fraction of sp³-hybridized carbons (Fsp3) is 0.900. The molecule has 0 fully saturated rings. The van der Waals surface area contributed by atoms with Gasteiger partial charge in [-0.3, -0.25) is 4.79 Å². The van der Waals surface area contributed by atoms with Crippen LogP contribution < -0.4 is 10.6 Å². The van der Waals surface area contributed by atoms with Crippen molar-refractivity contribution in [3.05, 3.63) is 0 Å². The molecule has 14 heavy (non-hydrogen) atoms. The summed E-state index contributed by atoms with van der Waals surface area (Å²) < 4.78 is 0. The van der Waals surface area contributed by atoms with E-state index in [0.29, 0.717) is 12.5 Å². The van der Waals surface area contributed by atoms with Crippen LogP contribution in [0.15, 0.2) is 0 Å². The van der Waals surface area contributed by atoms with Crippen molar-refractivity contribution in [2.45, 2.75) is 32.2 Å². The van der Waals surface area contributed by atoms with Crippen LogP contribution >= 0.6 is 11.8 Å². The zero-order chi connectivity index (χ0) is 10.8. The van der Waals surface area contributed by atoms with E-state index in [-0.39, 0.29) is 5.91 Å². The van der Waals surface area contributed by atoms with E-state index in [0.717, 1.165) is 13.0 Å². The average Bonchev–Trinajstić information content (AvgIpc) is 2.21. The van der Waals surface area contributed by atoms with Crippen LogP contribution in [0, 0.1) is 0 Å². The standard InChI is InChI=1S/C10H22N2OS/c1-9(6-8-14-3)12-7-4-5-10(13)11-2/h9,12H,4-8H2,1-3H3,(H,11,13). The molecule has 0 heterocycles. The Morgan fingerprint density at radius 3 is 2.79 bits per heavy atom. The van der Waals surface area contributed by atoms with Crippen LogP contribution in [0.25, 0.3) is 0 Å². The summed E-state index contributed by atoms with van der Waals surface area (Å²) in [6.07, 6.45) is 4.86. The van der Waals surface area contributed by atoms with Crippen LogP contribution in [-0.4, -0.2) is 37.6 Å². The molecule has 0 rings (SSSR count). The molecule has 0 bridgehead atoms. The number of carbonyl (C=O) groups excluding carboxylic acids is 1. The van der Waals surface area contributed by atoms with Crippen LogP contribution in [-0.2, 0) is 4.79 Å². The lowest BCUT2D eigenvalue weighted by Gasteiger charge is -2.12. The van der Waals surface area contributed by atoms with Gasteiger partial charge in [-0.1, -0.05) is 0 Å². The van der Waals surface area contributed by atoms with Crippen molar-refractivity contribution in [1.29, 1.82) is 0 Å². The van der Waals surface area contributed by atoms with Gasteiger partial charge in [0.25, 0.3) is 0 Å². The van der Waals surface area contributed by atoms with Crippen molar-refractivity contribution in [2.75, 3.05) is 25.6 Å². The molecule has 0 aliphatic carbocycles. The molecular formula is C10H22N2OS. The van der Waals surface area contributed by atoms with Crippen LogP contribution in [0.3, 0.4) is 0 Å². The zero-order valence-electron chi connectivity index (χ0n) is 9.43. The first kappa shape index (κ1) is 13.8. The molecule has 0 spiro atoms. The number of thioether (sulfide) groups is 1. The second kappa shape index (κ2) is 9.34. The number of amides is 1. The Kier molecular flexibility index (Phi) is 9.19. The molecule has 0 aromatic heterocycles. The third kappa shape index (κ3) is 8.38. The molecule has 1 atom stereocenters. The Balaban J connectivity index is 3.22. The minimum absolute atomic E-state index is 0.128. The second-order valence-corrected chi connectivity index (χ2v) is 4.40. The molecule has 0 saturated heterocycles. The maximum absolute atomic E-state index is 10.9. The molecule has 1 unspecified atom stereocenters. The Labute approximate surface area is 91.4 Å². The van der Waals surface area contributed by atoms with Gasteiger partial charge in [-0.2, -0.15) is 11.8 Å². The lowest BCUT2D eigenvalue weighted by molar-refractivity contribution is -0.120. The van der Waals surface area contributed by atoms with Crippen molar-refractivity contribution in [3.8, 4) is 0 Å². The minimum Gasteiger partial charge on any atom is -0.359 e. The number of rotatable bonds is 8. The van der Waals surface area contributed by atoms with E-state index in [1.165, 1.54) is 12.2 Å². The van der Waals surface area contributed by atoms with Gasteiger partial charge in [0.15, 0.2) is 0 Å². The summed E-state index contributed by atoms with van der Waals surface area (Å²) in [4.78, 5) is 10.9. The number of nitrogens with one attached hydrogen (secondary N) is 2. The largest absolute Gasteiger partial charge is 0.359 e. The summed E-state index contributed by atoms with van der Waals surface area (Å²) in [7, 11) is 1.68. The van der Waals surface area contributed by atoms with Gasteiger partial charge in [-0.25, -0.2) is 0 Å². The quantitative estimate of drug-likeness (QED) is 0.602. The highest BCUT2D eigenvalue weighted by Gasteiger charge is 2.01. The van der Waals surface area contributed by atoms with Gasteiger partial charge in [-0.05, 0) is 38.3 Å². The molecule has 3 nitrogen and oxygen atoms in total. The lowest BCUT2D eigenvalue weighted by atomic mass is 10.2. The number of carbonyl (C=O) groups is 1. The van der Waals surface area contributed by atoms with Gasteiger partial charge >= 0.3 is 0 Å². The van der Waals surface area contributed by atoms with Crippen molar-refractivity contribution in [2.24, 2.45) is 0 Å². The summed E-state index contributed by atoms with van der Waals surface area (Å²) in [6, 6.07) is 0.562. The van der Waals surface area contributed by atoms with Gasteiger partial charge in [0, 0.05) is 19.5 Å². The lowest BCUT2D eigenvalue weighted by Crippen LogP contribution is -2.28. The van der Waals surface area contributed by atoms with E-state index in [4.69, 9.17) is 0 Å². The highest BCUT2D eigenvalue weighted by atomic mass is 32.2. The van der Waals surface area contributed by atoms with E-state index in [9.17, 15) is 4.79 Å². The second-order valence-electron chi connectivity index (χ2n) is 3.41. The molecule has 2 N–H and O–H groups in total. The minimum atomic E-state index is 0.128. The normalized spacial score (nSPS) is 12.5. The van der Waals surface area contributed by atoms with Crippen molar-refractivity contribution >= 4 is 17.7 Å². The fourth-order valence-corrected chi connectivity index (χ4v) is 1.71. The van der Waals surface area contributed by atoms with E-state index in [1.807, 2.05) is 11.8 Å². The first-order valence-corrected chi connectivity index (χ1v) is 6.53. The molecular weight excluding hydrogens is 196 g/mol. The van der Waals surface area contributed by atoms with Gasteiger partial charge in [0.1, 0.15) is 0 Å². The highest BCUT2D eigenvalue weighted by molar-refractivity contribution is 7.98. The smallest absolute Gasteiger partial charge is 0.219 e. The maximum atomic E-state index is 10.9. The summed E-state index contributed by atoms with van der Waals surface area (Å²) in [6.45, 7) is 3.12. The van der Waals surface area contributed by atoms with E-state index >= 15 is 0 Å².